The van der Waals surface area contributed by atoms with Gasteiger partial charge in [-0.05, 0) is 49.4 Å². The van der Waals surface area contributed by atoms with Gasteiger partial charge in [0, 0.05) is 17.6 Å². The number of aromatic nitrogens is 1. The van der Waals surface area contributed by atoms with Gasteiger partial charge in [-0.1, -0.05) is 18.0 Å². The summed E-state index contributed by atoms with van der Waals surface area (Å²) in [6.07, 6.45) is 7.70. The van der Waals surface area contributed by atoms with Crippen molar-refractivity contribution in [1.29, 1.82) is 0 Å². The molecule has 4 rings (SSSR count). The zero-order valence-electron chi connectivity index (χ0n) is 13.3. The maximum Gasteiger partial charge on any atom is 0.260 e. The number of hydrogen-bond acceptors (Lipinski definition) is 4. The van der Waals surface area contributed by atoms with Crippen LogP contribution in [0.1, 0.15) is 52.9 Å². The summed E-state index contributed by atoms with van der Waals surface area (Å²) in [6.45, 7) is 1.18. The quantitative estimate of drug-likeness (QED) is 0.794. The van der Waals surface area contributed by atoms with Gasteiger partial charge in [0.15, 0.2) is 0 Å². The molecule has 1 aliphatic heterocycles. The van der Waals surface area contributed by atoms with Crippen LogP contribution in [0.15, 0.2) is 24.4 Å². The van der Waals surface area contributed by atoms with E-state index in [1.807, 2.05) is 23.1 Å². The molecule has 0 N–H and O–H groups in total. The highest BCUT2D eigenvalue weighted by molar-refractivity contribution is 7.16. The lowest BCUT2D eigenvalue weighted by Gasteiger charge is -2.23. The van der Waals surface area contributed by atoms with Crippen LogP contribution in [-0.4, -0.2) is 21.9 Å². The van der Waals surface area contributed by atoms with Crippen molar-refractivity contribution >= 4 is 28.8 Å². The minimum atomic E-state index is 0.00781. The van der Waals surface area contributed by atoms with Crippen molar-refractivity contribution in [2.45, 2.75) is 51.3 Å². The molecular weight excluding hydrogens is 344 g/mol. The summed E-state index contributed by atoms with van der Waals surface area (Å²) in [5.74, 6) is 0.518. The largest absolute Gasteiger partial charge is 0.474 e. The third-order valence-corrected chi connectivity index (χ3v) is 5.89. The number of pyridine rings is 1. The molecular formula is C18H19ClN2O2S. The number of thiophene rings is 1. The summed E-state index contributed by atoms with van der Waals surface area (Å²) >= 11 is 7.50. The molecule has 1 saturated carbocycles. The second-order valence-corrected chi connectivity index (χ2v) is 8.19. The van der Waals surface area contributed by atoms with Crippen LogP contribution >= 0.6 is 22.9 Å². The van der Waals surface area contributed by atoms with Gasteiger partial charge in [-0.25, -0.2) is 4.98 Å². The Morgan fingerprint density at radius 1 is 1.25 bits per heavy atom. The van der Waals surface area contributed by atoms with Crippen molar-refractivity contribution in [1.82, 2.24) is 9.88 Å². The summed E-state index contributed by atoms with van der Waals surface area (Å²) in [6, 6.07) is 5.76. The Balaban J connectivity index is 1.53. The minimum absolute atomic E-state index is 0.00781. The average Bonchev–Trinajstić information content (AvgIpc) is 3.13. The predicted molar refractivity (Wildman–Crippen MR) is 94.6 cm³/mol. The van der Waals surface area contributed by atoms with Gasteiger partial charge in [0.2, 0.25) is 5.88 Å². The Kier molecular flexibility index (Phi) is 4.46. The highest BCUT2D eigenvalue weighted by atomic mass is 35.5. The van der Waals surface area contributed by atoms with Crippen LogP contribution in [0.2, 0.25) is 4.34 Å². The van der Waals surface area contributed by atoms with E-state index in [4.69, 9.17) is 16.3 Å². The Bertz CT molecular complexity index is 755. The van der Waals surface area contributed by atoms with Crippen LogP contribution in [-0.2, 0) is 13.1 Å². The third-order valence-electron chi connectivity index (χ3n) is 4.67. The number of hydrogen-bond donors (Lipinski definition) is 0. The summed E-state index contributed by atoms with van der Waals surface area (Å²) < 4.78 is 6.84. The van der Waals surface area contributed by atoms with Crippen molar-refractivity contribution in [2.75, 3.05) is 0 Å². The van der Waals surface area contributed by atoms with Crippen molar-refractivity contribution < 1.29 is 9.53 Å². The van der Waals surface area contributed by atoms with E-state index in [2.05, 4.69) is 4.98 Å². The molecule has 0 radical (unpaired) electrons. The van der Waals surface area contributed by atoms with E-state index >= 15 is 0 Å². The van der Waals surface area contributed by atoms with E-state index < -0.39 is 0 Å². The minimum Gasteiger partial charge on any atom is -0.474 e. The molecule has 6 heteroatoms. The molecule has 24 heavy (non-hydrogen) atoms. The second-order valence-electron chi connectivity index (χ2n) is 6.40. The van der Waals surface area contributed by atoms with E-state index in [1.165, 1.54) is 30.6 Å². The van der Waals surface area contributed by atoms with Gasteiger partial charge >= 0.3 is 0 Å². The fraction of sp³-hybridized carbons (Fsp3) is 0.444. The molecule has 126 valence electrons. The monoisotopic (exact) mass is 362 g/mol. The molecule has 1 aliphatic carbocycles. The van der Waals surface area contributed by atoms with Crippen molar-refractivity contribution in [3.05, 3.63) is 44.7 Å². The number of carbonyl (C=O) groups excluding carboxylic acids is 1. The number of carbonyl (C=O) groups is 1. The van der Waals surface area contributed by atoms with Crippen molar-refractivity contribution in [2.24, 2.45) is 0 Å². The smallest absolute Gasteiger partial charge is 0.260 e. The molecule has 2 aromatic rings. The first-order valence-electron chi connectivity index (χ1n) is 8.39. The van der Waals surface area contributed by atoms with E-state index in [0.29, 0.717) is 24.5 Å². The molecule has 0 bridgehead atoms. The summed E-state index contributed by atoms with van der Waals surface area (Å²) in [7, 11) is 0. The Labute approximate surface area is 150 Å². The first-order valence-corrected chi connectivity index (χ1v) is 9.58. The first-order chi connectivity index (χ1) is 11.7. The SMILES string of the molecule is O=C1c2c(ccnc2OC2CCCCC2)CN1Cc1ccc(Cl)s1. The zero-order chi connectivity index (χ0) is 16.5. The van der Waals surface area contributed by atoms with Gasteiger partial charge in [0.25, 0.3) is 5.91 Å². The Morgan fingerprint density at radius 2 is 2.08 bits per heavy atom. The summed E-state index contributed by atoms with van der Waals surface area (Å²) in [4.78, 5) is 20.1. The topological polar surface area (TPSA) is 42.4 Å². The standard InChI is InChI=1S/C18H19ClN2O2S/c19-15-7-6-14(24-15)11-21-10-12-8-9-20-17(16(12)18(21)22)23-13-4-2-1-3-5-13/h6-9,13H,1-5,10-11H2. The van der Waals surface area contributed by atoms with E-state index in [1.54, 1.807) is 6.20 Å². The highest BCUT2D eigenvalue weighted by Crippen LogP contribution is 2.33. The fourth-order valence-corrected chi connectivity index (χ4v) is 4.56. The van der Waals surface area contributed by atoms with E-state index in [-0.39, 0.29) is 12.0 Å². The number of ether oxygens (including phenoxy) is 1. The average molecular weight is 363 g/mol. The highest BCUT2D eigenvalue weighted by Gasteiger charge is 2.32. The number of fused-ring (bicyclic) bond motifs is 1. The molecule has 1 fully saturated rings. The molecule has 3 heterocycles. The van der Waals surface area contributed by atoms with Crippen LogP contribution in [0.5, 0.6) is 5.88 Å². The molecule has 2 aliphatic rings. The molecule has 4 nitrogen and oxygen atoms in total. The van der Waals surface area contributed by atoms with Gasteiger partial charge in [0.1, 0.15) is 11.7 Å². The van der Waals surface area contributed by atoms with Gasteiger partial charge in [-0.3, -0.25) is 4.79 Å². The molecule has 0 spiro atoms. The zero-order valence-corrected chi connectivity index (χ0v) is 14.9. The van der Waals surface area contributed by atoms with Gasteiger partial charge < -0.3 is 9.64 Å². The van der Waals surface area contributed by atoms with Crippen molar-refractivity contribution in [3.63, 3.8) is 0 Å². The Hall–Kier alpha value is -1.59. The Morgan fingerprint density at radius 3 is 2.83 bits per heavy atom. The lowest BCUT2D eigenvalue weighted by Crippen LogP contribution is -2.24. The number of rotatable bonds is 4. The summed E-state index contributed by atoms with van der Waals surface area (Å²) in [5, 5.41) is 0. The molecule has 0 aromatic carbocycles. The summed E-state index contributed by atoms with van der Waals surface area (Å²) in [5.41, 5.74) is 1.65. The lowest BCUT2D eigenvalue weighted by atomic mass is 9.98. The van der Waals surface area contributed by atoms with Gasteiger partial charge in [-0.15, -0.1) is 11.3 Å². The molecule has 1 amide bonds. The first kappa shape index (κ1) is 15.9. The maximum atomic E-state index is 12.8. The van der Waals surface area contributed by atoms with Crippen LogP contribution in [0, 0.1) is 0 Å². The van der Waals surface area contributed by atoms with Crippen LogP contribution in [0.25, 0.3) is 0 Å². The van der Waals surface area contributed by atoms with Gasteiger partial charge in [-0.2, -0.15) is 0 Å². The molecule has 0 saturated heterocycles. The fourth-order valence-electron chi connectivity index (χ4n) is 3.46. The number of nitrogens with zero attached hydrogens (tertiary/aromatic N) is 2. The lowest BCUT2D eigenvalue weighted by molar-refractivity contribution is 0.0759. The molecule has 0 unspecified atom stereocenters. The van der Waals surface area contributed by atoms with Gasteiger partial charge in [0.05, 0.1) is 10.9 Å². The maximum absolute atomic E-state index is 12.8. The van der Waals surface area contributed by atoms with Crippen LogP contribution in [0.3, 0.4) is 0 Å². The number of amides is 1. The second kappa shape index (κ2) is 6.73. The molecule has 2 aromatic heterocycles. The third kappa shape index (κ3) is 3.15. The van der Waals surface area contributed by atoms with Crippen LogP contribution in [0.4, 0.5) is 0 Å². The predicted octanol–water partition coefficient (Wildman–Crippen LogP) is 4.66. The normalized spacial score (nSPS) is 18.0. The van der Waals surface area contributed by atoms with E-state index in [0.717, 1.165) is 27.6 Å². The number of halogens is 1. The van der Waals surface area contributed by atoms with Crippen molar-refractivity contribution in [3.8, 4) is 5.88 Å². The molecule has 0 atom stereocenters. The van der Waals surface area contributed by atoms with E-state index in [9.17, 15) is 4.79 Å². The van der Waals surface area contributed by atoms with Crippen LogP contribution < -0.4 is 4.74 Å².